The molecule has 0 heterocycles. The molecular formula is C30H31ClN3O4+. The molecule has 0 aromatic heterocycles. The number of rotatable bonds is 12. The van der Waals surface area contributed by atoms with Crippen LogP contribution >= 0.6 is 11.6 Å². The molecule has 5 N–H and O–H groups in total. The Morgan fingerprint density at radius 1 is 0.947 bits per heavy atom. The average Bonchev–Trinajstić information content (AvgIpc) is 2.94. The zero-order valence-corrected chi connectivity index (χ0v) is 21.8. The van der Waals surface area contributed by atoms with Crippen LogP contribution in [0.4, 0.5) is 0 Å². The van der Waals surface area contributed by atoms with Crippen LogP contribution in [0.5, 0.6) is 23.0 Å². The Morgan fingerprint density at radius 3 is 2.45 bits per heavy atom. The van der Waals surface area contributed by atoms with Crippen molar-refractivity contribution >= 4 is 17.8 Å². The first-order valence-electron chi connectivity index (χ1n) is 12.2. The highest BCUT2D eigenvalue weighted by atomic mass is 35.5. The second kappa shape index (κ2) is 13.4. The summed E-state index contributed by atoms with van der Waals surface area (Å²) < 4.78 is 11.9. The number of hydrogen-bond acceptors (Lipinski definition) is 6. The lowest BCUT2D eigenvalue weighted by Gasteiger charge is -2.17. The first-order chi connectivity index (χ1) is 18.5. The van der Waals surface area contributed by atoms with E-state index in [0.717, 1.165) is 27.8 Å². The molecule has 0 spiro atoms. The fraction of sp³-hybridized carbons (Fsp3) is 0.167. The van der Waals surface area contributed by atoms with E-state index in [1.54, 1.807) is 43.7 Å². The first-order valence-corrected chi connectivity index (χ1v) is 12.6. The summed E-state index contributed by atoms with van der Waals surface area (Å²) in [6, 6.07) is 26.4. The van der Waals surface area contributed by atoms with Crippen LogP contribution in [0.1, 0.15) is 16.7 Å². The summed E-state index contributed by atoms with van der Waals surface area (Å²) in [6.45, 7) is 2.26. The number of aromatic hydroxyl groups is 1. The van der Waals surface area contributed by atoms with Gasteiger partial charge in [-0.15, -0.1) is 0 Å². The third kappa shape index (κ3) is 7.41. The molecule has 7 nitrogen and oxygen atoms in total. The number of hydrogen-bond donors (Lipinski definition) is 3. The molecule has 0 aliphatic rings. The summed E-state index contributed by atoms with van der Waals surface area (Å²) in [7, 11) is 1.62. The number of methoxy groups -OCH3 is 1. The third-order valence-electron chi connectivity index (χ3n) is 5.79. The van der Waals surface area contributed by atoms with E-state index in [1.807, 2.05) is 54.6 Å². The standard InChI is InChI=1S/C30H30ClN3O4/c1-37-29-17-23(20-34-33-19-22-9-12-28(36)27(31)16-22)15-26(24-5-3-2-4-6-24)30(29)38-14-13-32-18-21-7-10-25(35)11-8-21/h2-12,15-17,20,32-33,35-36H,13-14,18-19H2,1H3/p+1/b34-20+. The maximum atomic E-state index is 9.58. The largest absolute Gasteiger partial charge is 0.593 e. The zero-order valence-electron chi connectivity index (χ0n) is 21.1. The molecule has 0 unspecified atom stereocenters. The van der Waals surface area contributed by atoms with Crippen molar-refractivity contribution in [2.45, 2.75) is 13.1 Å². The van der Waals surface area contributed by atoms with E-state index in [9.17, 15) is 5.11 Å². The van der Waals surface area contributed by atoms with Crippen LogP contribution in [0.25, 0.3) is 11.1 Å². The van der Waals surface area contributed by atoms with Crippen LogP contribution in [-0.2, 0) is 13.1 Å². The van der Waals surface area contributed by atoms with Gasteiger partial charge in [-0.3, -0.25) is 0 Å². The van der Waals surface area contributed by atoms with E-state index >= 15 is 0 Å². The molecule has 0 saturated carbocycles. The van der Waals surface area contributed by atoms with Gasteiger partial charge in [-0.25, -0.2) is 0 Å². The molecule has 38 heavy (non-hydrogen) atoms. The lowest BCUT2D eigenvalue weighted by atomic mass is 10.0. The van der Waals surface area contributed by atoms with Gasteiger partial charge >= 0.3 is 0 Å². The minimum Gasteiger partial charge on any atom is -0.593 e. The minimum atomic E-state index is 0.0529. The van der Waals surface area contributed by atoms with Gasteiger partial charge in [0.2, 0.25) is 0 Å². The molecule has 0 amide bonds. The molecular weight excluding hydrogens is 502 g/mol. The highest BCUT2D eigenvalue weighted by molar-refractivity contribution is 6.32. The van der Waals surface area contributed by atoms with E-state index in [1.165, 1.54) is 0 Å². The molecule has 0 fully saturated rings. The number of phenols is 1. The summed E-state index contributed by atoms with van der Waals surface area (Å²) in [5, 5.41) is 25.2. The lowest BCUT2D eigenvalue weighted by molar-refractivity contribution is 0.293. The van der Waals surface area contributed by atoms with Crippen molar-refractivity contribution in [3.63, 3.8) is 0 Å². The van der Waals surface area contributed by atoms with Gasteiger partial charge in [0.1, 0.15) is 12.4 Å². The molecule has 0 aliphatic carbocycles. The van der Waals surface area contributed by atoms with Gasteiger partial charge in [-0.1, -0.05) is 48.0 Å². The van der Waals surface area contributed by atoms with Crippen molar-refractivity contribution in [2.75, 3.05) is 20.3 Å². The molecule has 0 atom stereocenters. The van der Waals surface area contributed by atoms with Crippen molar-refractivity contribution in [1.82, 2.24) is 10.7 Å². The van der Waals surface area contributed by atoms with Gasteiger partial charge in [-0.2, -0.15) is 5.10 Å². The van der Waals surface area contributed by atoms with E-state index in [2.05, 4.69) is 15.8 Å². The van der Waals surface area contributed by atoms with Gasteiger partial charge < -0.3 is 30.4 Å². The summed E-state index contributed by atoms with van der Waals surface area (Å²) in [4.78, 5) is 0. The second-order valence-electron chi connectivity index (χ2n) is 8.57. The smallest absolute Gasteiger partial charge is 0.253 e. The van der Waals surface area contributed by atoms with E-state index in [-0.39, 0.29) is 5.75 Å². The summed E-state index contributed by atoms with van der Waals surface area (Å²) in [6.07, 6.45) is 1.73. The van der Waals surface area contributed by atoms with Gasteiger partial charge in [0, 0.05) is 30.8 Å². The van der Waals surface area contributed by atoms with Crippen LogP contribution in [0.15, 0.2) is 90.0 Å². The Hall–Kier alpha value is -4.20. The van der Waals surface area contributed by atoms with E-state index in [0.29, 0.717) is 48.5 Å². The van der Waals surface area contributed by atoms with Crippen LogP contribution in [0, 0.1) is 0 Å². The highest BCUT2D eigenvalue weighted by Gasteiger charge is 2.15. The Morgan fingerprint density at radius 2 is 1.71 bits per heavy atom. The molecule has 8 heteroatoms. The van der Waals surface area contributed by atoms with Gasteiger partial charge in [0.25, 0.3) is 5.75 Å². The summed E-state index contributed by atoms with van der Waals surface area (Å²) in [5.74, 6) is 1.84. The van der Waals surface area contributed by atoms with Gasteiger partial charge in [-0.05, 0) is 58.7 Å². The van der Waals surface area contributed by atoms with Gasteiger partial charge in [0.15, 0.2) is 11.5 Å². The van der Waals surface area contributed by atoms with Crippen LogP contribution in [0.3, 0.4) is 0 Å². The molecule has 0 radical (unpaired) electrons. The highest BCUT2D eigenvalue weighted by Crippen LogP contribution is 2.39. The predicted molar refractivity (Wildman–Crippen MR) is 153 cm³/mol. The number of halogens is 1. The topological polar surface area (TPSA) is 98.0 Å². The van der Waals surface area contributed by atoms with Crippen molar-refractivity contribution in [3.05, 3.63) is 107 Å². The fourth-order valence-electron chi connectivity index (χ4n) is 3.83. The van der Waals surface area contributed by atoms with Crippen molar-refractivity contribution in [3.8, 4) is 34.1 Å². The molecule has 0 saturated heterocycles. The van der Waals surface area contributed by atoms with Crippen molar-refractivity contribution < 1.29 is 19.7 Å². The maximum absolute atomic E-state index is 9.58. The number of phenolic OH excluding ortho intramolecular Hbond substituents is 1. The molecule has 196 valence electrons. The average molecular weight is 533 g/mol. The second-order valence-corrected chi connectivity index (χ2v) is 8.97. The Balaban J connectivity index is 1.44. The van der Waals surface area contributed by atoms with E-state index < -0.39 is 0 Å². The van der Waals surface area contributed by atoms with Crippen LogP contribution in [0.2, 0.25) is 5.02 Å². The number of benzene rings is 4. The number of nitrogens with one attached hydrogen (secondary N) is 2. The Labute approximate surface area is 227 Å². The number of ether oxygens (including phenoxy) is 2. The zero-order chi connectivity index (χ0) is 26.7. The quantitative estimate of drug-likeness (QED) is 0.0975. The normalized spacial score (nSPS) is 11.0. The van der Waals surface area contributed by atoms with Crippen LogP contribution < -0.4 is 20.2 Å². The number of hydrazone groups is 1. The fourth-order valence-corrected chi connectivity index (χ4v) is 4.03. The molecule has 0 bridgehead atoms. The molecule has 4 aromatic carbocycles. The van der Waals surface area contributed by atoms with Crippen molar-refractivity contribution in [1.29, 1.82) is 0 Å². The lowest BCUT2D eigenvalue weighted by Crippen LogP contribution is -2.20. The first kappa shape index (κ1) is 26.9. The Bertz CT molecular complexity index is 1360. The molecule has 4 rings (SSSR count). The molecule has 0 aliphatic heterocycles. The SMILES string of the molecule is COc1cc(/C=N/NCc2ccc(O)c(Cl)c2)cc(-c2ccccc2)c1OCCNCc1ccc([OH2+])cc1. The number of nitrogens with zero attached hydrogens (tertiary/aromatic N) is 1. The summed E-state index contributed by atoms with van der Waals surface area (Å²) >= 11 is 5.98. The van der Waals surface area contributed by atoms with Crippen molar-refractivity contribution in [2.24, 2.45) is 5.10 Å². The third-order valence-corrected chi connectivity index (χ3v) is 6.09. The Kier molecular flexibility index (Phi) is 9.45. The van der Waals surface area contributed by atoms with Gasteiger partial charge in [0.05, 0.1) is 24.9 Å². The predicted octanol–water partition coefficient (Wildman–Crippen LogP) is 5.45. The van der Waals surface area contributed by atoms with E-state index in [4.69, 9.17) is 26.2 Å². The van der Waals surface area contributed by atoms with Crippen LogP contribution in [-0.4, -0.2) is 36.7 Å². The molecule has 4 aromatic rings. The monoisotopic (exact) mass is 532 g/mol. The summed E-state index contributed by atoms with van der Waals surface area (Å²) in [5.41, 5.74) is 7.79. The minimum absolute atomic E-state index is 0.0529. The maximum Gasteiger partial charge on any atom is 0.253 e.